The molecule has 1 N–H and O–H groups in total. The molecule has 0 bridgehead atoms. The van der Waals surface area contributed by atoms with Gasteiger partial charge >= 0.3 is 0 Å². The van der Waals surface area contributed by atoms with Gasteiger partial charge in [0.1, 0.15) is 0 Å². The summed E-state index contributed by atoms with van der Waals surface area (Å²) < 4.78 is 10.6. The fourth-order valence-corrected chi connectivity index (χ4v) is 2.49. The summed E-state index contributed by atoms with van der Waals surface area (Å²) in [5.74, 6) is 1.43. The molecule has 1 aliphatic heterocycles. The summed E-state index contributed by atoms with van der Waals surface area (Å²) in [4.78, 5) is 16.2. The van der Waals surface area contributed by atoms with Crippen LogP contribution >= 0.6 is 0 Å². The van der Waals surface area contributed by atoms with Gasteiger partial charge in [0.05, 0.1) is 6.42 Å². The van der Waals surface area contributed by atoms with Crippen molar-refractivity contribution in [3.05, 3.63) is 53.9 Å². The van der Waals surface area contributed by atoms with Gasteiger partial charge in [0.2, 0.25) is 12.7 Å². The van der Waals surface area contributed by atoms with E-state index in [4.69, 9.17) is 9.47 Å². The predicted octanol–water partition coefficient (Wildman–Crippen LogP) is 2.10. The molecular formula is C17H18N2O3. The fraction of sp³-hybridized carbons (Fsp3) is 0.294. The van der Waals surface area contributed by atoms with Crippen LogP contribution in [0.5, 0.6) is 11.5 Å². The van der Waals surface area contributed by atoms with Crippen molar-refractivity contribution in [2.75, 3.05) is 6.79 Å². The maximum Gasteiger partial charge on any atom is 0.231 e. The van der Waals surface area contributed by atoms with Crippen molar-refractivity contribution >= 4 is 5.91 Å². The lowest BCUT2D eigenvalue weighted by Crippen LogP contribution is -2.35. The predicted molar refractivity (Wildman–Crippen MR) is 81.8 cm³/mol. The number of pyridine rings is 1. The van der Waals surface area contributed by atoms with E-state index in [0.717, 1.165) is 23.3 Å². The van der Waals surface area contributed by atoms with Gasteiger partial charge < -0.3 is 14.8 Å². The molecule has 22 heavy (non-hydrogen) atoms. The Hall–Kier alpha value is -2.56. The quantitative estimate of drug-likeness (QED) is 0.918. The zero-order valence-corrected chi connectivity index (χ0v) is 12.4. The second-order valence-electron chi connectivity index (χ2n) is 5.40. The minimum Gasteiger partial charge on any atom is -0.454 e. The van der Waals surface area contributed by atoms with Gasteiger partial charge in [-0.2, -0.15) is 0 Å². The lowest BCUT2D eigenvalue weighted by molar-refractivity contribution is -0.121. The molecule has 114 valence electrons. The summed E-state index contributed by atoms with van der Waals surface area (Å²) in [5.41, 5.74) is 2.02. The molecule has 5 nitrogen and oxygen atoms in total. The van der Waals surface area contributed by atoms with Gasteiger partial charge in [-0.25, -0.2) is 0 Å². The van der Waals surface area contributed by atoms with Crippen LogP contribution in [0, 0.1) is 0 Å². The number of hydrogen-bond donors (Lipinski definition) is 1. The van der Waals surface area contributed by atoms with Gasteiger partial charge in [0.15, 0.2) is 11.5 Å². The molecule has 1 amide bonds. The highest BCUT2D eigenvalue weighted by Gasteiger charge is 2.15. The first-order chi connectivity index (χ1) is 10.7. The average Bonchev–Trinajstić information content (AvgIpc) is 2.95. The minimum atomic E-state index is -0.00439. The van der Waals surface area contributed by atoms with Crippen molar-refractivity contribution in [3.8, 4) is 11.5 Å². The van der Waals surface area contributed by atoms with E-state index in [-0.39, 0.29) is 18.7 Å². The Balaban J connectivity index is 1.54. The summed E-state index contributed by atoms with van der Waals surface area (Å²) in [5, 5.41) is 3.01. The van der Waals surface area contributed by atoms with E-state index in [1.165, 1.54) is 0 Å². The number of nitrogens with zero attached hydrogens (tertiary/aromatic N) is 1. The zero-order chi connectivity index (χ0) is 15.4. The first-order valence-electron chi connectivity index (χ1n) is 7.27. The third-order valence-electron chi connectivity index (χ3n) is 3.47. The third-order valence-corrected chi connectivity index (χ3v) is 3.47. The van der Waals surface area contributed by atoms with E-state index in [1.807, 2.05) is 43.5 Å². The van der Waals surface area contributed by atoms with Gasteiger partial charge in [-0.05, 0) is 42.7 Å². The molecule has 1 aliphatic rings. The number of nitrogens with one attached hydrogen (secondary N) is 1. The van der Waals surface area contributed by atoms with Crippen LogP contribution in [0.25, 0.3) is 0 Å². The standard InChI is InChI=1S/C17H18N2O3/c1-12(7-14-3-2-6-18-10-14)19-17(20)9-13-4-5-15-16(8-13)22-11-21-15/h2-6,8,10,12H,7,9,11H2,1H3,(H,19,20)/t12-/m0/s1. The van der Waals surface area contributed by atoms with Crippen molar-refractivity contribution in [1.29, 1.82) is 0 Å². The number of fused-ring (bicyclic) bond motifs is 1. The number of ether oxygens (including phenoxy) is 2. The molecule has 1 aromatic carbocycles. The van der Waals surface area contributed by atoms with Crippen LogP contribution in [0.1, 0.15) is 18.1 Å². The topological polar surface area (TPSA) is 60.5 Å². The Morgan fingerprint density at radius 1 is 1.27 bits per heavy atom. The smallest absolute Gasteiger partial charge is 0.231 e. The van der Waals surface area contributed by atoms with Crippen molar-refractivity contribution in [2.24, 2.45) is 0 Å². The Kier molecular flexibility index (Phi) is 4.23. The van der Waals surface area contributed by atoms with Crippen molar-refractivity contribution in [1.82, 2.24) is 10.3 Å². The number of rotatable bonds is 5. The molecular weight excluding hydrogens is 280 g/mol. The molecule has 2 aromatic rings. The number of carbonyl (C=O) groups is 1. The van der Waals surface area contributed by atoms with Crippen LogP contribution in [0.4, 0.5) is 0 Å². The lowest BCUT2D eigenvalue weighted by atomic mass is 10.1. The number of carbonyl (C=O) groups excluding carboxylic acids is 1. The molecule has 0 spiro atoms. The molecule has 5 heteroatoms. The van der Waals surface area contributed by atoms with Gasteiger partial charge in [0.25, 0.3) is 0 Å². The monoisotopic (exact) mass is 298 g/mol. The van der Waals surface area contributed by atoms with Crippen LogP contribution in [0.3, 0.4) is 0 Å². The Morgan fingerprint density at radius 3 is 2.95 bits per heavy atom. The molecule has 1 aromatic heterocycles. The minimum absolute atomic E-state index is 0.00439. The number of amides is 1. The normalized spacial score (nSPS) is 13.7. The number of hydrogen-bond acceptors (Lipinski definition) is 4. The average molecular weight is 298 g/mol. The highest BCUT2D eigenvalue weighted by molar-refractivity contribution is 5.79. The van der Waals surface area contributed by atoms with E-state index in [2.05, 4.69) is 10.3 Å². The SMILES string of the molecule is C[C@@H](Cc1cccnc1)NC(=O)Cc1ccc2c(c1)OCO2. The van der Waals surface area contributed by atoms with Crippen LogP contribution in [-0.2, 0) is 17.6 Å². The third kappa shape index (κ3) is 3.55. The molecule has 0 radical (unpaired) electrons. The molecule has 1 atom stereocenters. The van der Waals surface area contributed by atoms with E-state index in [0.29, 0.717) is 12.2 Å². The lowest BCUT2D eigenvalue weighted by Gasteiger charge is -2.14. The Bertz CT molecular complexity index is 658. The summed E-state index contributed by atoms with van der Waals surface area (Å²) in [7, 11) is 0. The first-order valence-corrected chi connectivity index (χ1v) is 7.27. The zero-order valence-electron chi connectivity index (χ0n) is 12.4. The summed E-state index contributed by atoms with van der Waals surface area (Å²) in [6, 6.07) is 9.55. The van der Waals surface area contributed by atoms with E-state index in [9.17, 15) is 4.79 Å². The van der Waals surface area contributed by atoms with Gasteiger partial charge in [-0.15, -0.1) is 0 Å². The first kappa shape index (κ1) is 14.4. The maximum atomic E-state index is 12.1. The van der Waals surface area contributed by atoms with E-state index in [1.54, 1.807) is 6.20 Å². The van der Waals surface area contributed by atoms with Gasteiger partial charge in [0, 0.05) is 18.4 Å². The van der Waals surface area contributed by atoms with Crippen molar-refractivity contribution in [3.63, 3.8) is 0 Å². The maximum absolute atomic E-state index is 12.1. The molecule has 0 unspecified atom stereocenters. The van der Waals surface area contributed by atoms with Crippen LogP contribution in [0.2, 0.25) is 0 Å². The van der Waals surface area contributed by atoms with Crippen LogP contribution in [0.15, 0.2) is 42.7 Å². The highest BCUT2D eigenvalue weighted by atomic mass is 16.7. The molecule has 0 saturated carbocycles. The largest absolute Gasteiger partial charge is 0.454 e. The van der Waals surface area contributed by atoms with Crippen LogP contribution < -0.4 is 14.8 Å². The summed E-state index contributed by atoms with van der Waals surface area (Å²) in [6.45, 7) is 2.23. The van der Waals surface area contributed by atoms with Crippen molar-refractivity contribution < 1.29 is 14.3 Å². The number of aromatic nitrogens is 1. The molecule has 0 saturated heterocycles. The number of benzene rings is 1. The fourth-order valence-electron chi connectivity index (χ4n) is 2.49. The molecule has 3 rings (SSSR count). The van der Waals surface area contributed by atoms with Gasteiger partial charge in [-0.3, -0.25) is 9.78 Å². The summed E-state index contributed by atoms with van der Waals surface area (Å²) in [6.07, 6.45) is 4.65. The van der Waals surface area contributed by atoms with Crippen molar-refractivity contribution in [2.45, 2.75) is 25.8 Å². The molecule has 0 aliphatic carbocycles. The summed E-state index contributed by atoms with van der Waals surface area (Å²) >= 11 is 0. The highest BCUT2D eigenvalue weighted by Crippen LogP contribution is 2.32. The molecule has 0 fully saturated rings. The van der Waals surface area contributed by atoms with E-state index >= 15 is 0 Å². The Labute approximate surface area is 129 Å². The van der Waals surface area contributed by atoms with Gasteiger partial charge in [-0.1, -0.05) is 12.1 Å². The molecule has 2 heterocycles. The second kappa shape index (κ2) is 6.47. The van der Waals surface area contributed by atoms with E-state index < -0.39 is 0 Å². The van der Waals surface area contributed by atoms with Crippen LogP contribution in [-0.4, -0.2) is 23.7 Å². The Morgan fingerprint density at radius 2 is 2.14 bits per heavy atom. The second-order valence-corrected chi connectivity index (χ2v) is 5.40.